The number of fused-ring (bicyclic) bond motifs is 3. The van der Waals surface area contributed by atoms with Gasteiger partial charge in [-0.05, 0) is 6.07 Å². The number of hydrogen-bond donors (Lipinski definition) is 2. The molecule has 2 heterocycles. The number of hydrogen-bond acceptors (Lipinski definition) is 4. The van der Waals surface area contributed by atoms with Crippen molar-refractivity contribution in [1.82, 2.24) is 15.3 Å². The quantitative estimate of drug-likeness (QED) is 0.676. The maximum absolute atomic E-state index is 12.1. The molecule has 0 saturated carbocycles. The predicted octanol–water partition coefficient (Wildman–Crippen LogP) is 0.426. The molecule has 20 heavy (non-hydrogen) atoms. The van der Waals surface area contributed by atoms with E-state index < -0.39 is 0 Å². The summed E-state index contributed by atoms with van der Waals surface area (Å²) in [5, 5.41) is 4.13. The van der Waals surface area contributed by atoms with Crippen LogP contribution in [0.25, 0.3) is 22.1 Å². The van der Waals surface area contributed by atoms with Gasteiger partial charge in [-0.2, -0.15) is 0 Å². The van der Waals surface area contributed by atoms with Crippen LogP contribution in [-0.2, 0) is 6.54 Å². The lowest BCUT2D eigenvalue weighted by Gasteiger charge is -2.06. The molecule has 0 radical (unpaired) electrons. The number of rotatable bonds is 3. The summed E-state index contributed by atoms with van der Waals surface area (Å²) in [7, 11) is 2.01. The van der Waals surface area contributed by atoms with Gasteiger partial charge in [0, 0.05) is 11.4 Å². The summed E-state index contributed by atoms with van der Waals surface area (Å²) in [5.74, 6) is 0.625. The molecule has 2 aromatic heterocycles. The molecule has 0 aliphatic carbocycles. The Labute approximate surface area is 116 Å². The fourth-order valence-corrected chi connectivity index (χ4v) is 2.20. The molecule has 0 aliphatic heterocycles. The van der Waals surface area contributed by atoms with E-state index in [0.29, 0.717) is 35.1 Å². The first-order chi connectivity index (χ1) is 9.54. The minimum absolute atomic E-state index is 0.232. The average molecular weight is 269 g/mol. The highest BCUT2D eigenvalue weighted by atomic mass is 16.3. The van der Waals surface area contributed by atoms with Crippen molar-refractivity contribution in [3.63, 3.8) is 0 Å². The minimum Gasteiger partial charge on any atom is -0.449 e. The van der Waals surface area contributed by atoms with Crippen molar-refractivity contribution in [2.75, 3.05) is 0 Å². The Balaban J connectivity index is 2.20. The number of H-pyrrole nitrogens is 1. The van der Waals surface area contributed by atoms with Crippen LogP contribution in [0.4, 0.5) is 0 Å². The van der Waals surface area contributed by atoms with Crippen LogP contribution in [0.2, 0.25) is 0 Å². The number of furan rings is 1. The lowest BCUT2D eigenvalue weighted by Crippen LogP contribution is -2.24. The lowest BCUT2D eigenvalue weighted by molar-refractivity contribution is 0.571. The molecule has 0 unspecified atom stereocenters. The SMILES string of the molecule is Bc1ccc2oc3c(=O)[nH]c(CNC(C)C)nc3c2c1. The van der Waals surface area contributed by atoms with Crippen molar-refractivity contribution in [1.29, 1.82) is 0 Å². The third-order valence-corrected chi connectivity index (χ3v) is 3.21. The fraction of sp³-hybridized carbons (Fsp3) is 0.286. The van der Waals surface area contributed by atoms with E-state index in [-0.39, 0.29) is 5.56 Å². The molecule has 3 rings (SSSR count). The molecule has 6 heteroatoms. The molecule has 102 valence electrons. The Morgan fingerprint density at radius 3 is 3.00 bits per heavy atom. The first kappa shape index (κ1) is 12.9. The summed E-state index contributed by atoms with van der Waals surface area (Å²) < 4.78 is 5.59. The molecule has 5 nitrogen and oxygen atoms in total. The van der Waals surface area contributed by atoms with E-state index in [4.69, 9.17) is 4.42 Å². The standard InChI is InChI=1S/C14H16BN3O2/c1-7(2)16-6-11-17-12-9-5-8(15)3-4-10(9)20-13(12)14(19)18-11/h3-5,7,16H,6,15H2,1-2H3,(H,17,18,19). The Morgan fingerprint density at radius 2 is 2.25 bits per heavy atom. The van der Waals surface area contributed by atoms with E-state index in [2.05, 4.69) is 15.3 Å². The van der Waals surface area contributed by atoms with Crippen LogP contribution < -0.4 is 16.3 Å². The normalized spacial score (nSPS) is 11.8. The Bertz CT molecular complexity index is 835. The summed E-state index contributed by atoms with van der Waals surface area (Å²) in [6.07, 6.45) is 0. The molecular formula is C14H16BN3O2. The molecule has 0 amide bonds. The maximum Gasteiger partial charge on any atom is 0.294 e. The summed E-state index contributed by atoms with van der Waals surface area (Å²) in [6.45, 7) is 4.63. The molecule has 0 saturated heterocycles. The number of nitrogens with one attached hydrogen (secondary N) is 2. The van der Waals surface area contributed by atoms with Gasteiger partial charge in [-0.15, -0.1) is 0 Å². The zero-order valence-corrected chi connectivity index (χ0v) is 11.8. The molecular weight excluding hydrogens is 253 g/mol. The van der Waals surface area contributed by atoms with E-state index in [1.807, 2.05) is 39.9 Å². The van der Waals surface area contributed by atoms with E-state index >= 15 is 0 Å². The number of nitrogens with zero attached hydrogens (tertiary/aromatic N) is 1. The van der Waals surface area contributed by atoms with Crippen molar-refractivity contribution in [3.05, 3.63) is 34.4 Å². The highest BCUT2D eigenvalue weighted by Crippen LogP contribution is 2.23. The van der Waals surface area contributed by atoms with Crippen LogP contribution in [-0.4, -0.2) is 23.9 Å². The topological polar surface area (TPSA) is 70.9 Å². The van der Waals surface area contributed by atoms with Crippen LogP contribution in [0.1, 0.15) is 19.7 Å². The second-order valence-electron chi connectivity index (χ2n) is 5.33. The van der Waals surface area contributed by atoms with Gasteiger partial charge in [0.05, 0.1) is 6.54 Å². The number of benzene rings is 1. The Kier molecular flexibility index (Phi) is 3.10. The van der Waals surface area contributed by atoms with E-state index in [9.17, 15) is 4.79 Å². The van der Waals surface area contributed by atoms with Crippen molar-refractivity contribution in [2.45, 2.75) is 26.4 Å². The summed E-state index contributed by atoms with van der Waals surface area (Å²) in [4.78, 5) is 19.4. The van der Waals surface area contributed by atoms with Gasteiger partial charge in [0.2, 0.25) is 5.58 Å². The van der Waals surface area contributed by atoms with Gasteiger partial charge < -0.3 is 14.7 Å². The van der Waals surface area contributed by atoms with E-state index in [0.717, 1.165) is 10.8 Å². The molecule has 0 spiro atoms. The first-order valence-corrected chi connectivity index (χ1v) is 6.70. The zero-order chi connectivity index (χ0) is 14.3. The van der Waals surface area contributed by atoms with Gasteiger partial charge in [-0.1, -0.05) is 31.4 Å². The van der Waals surface area contributed by atoms with Crippen molar-refractivity contribution >= 4 is 35.4 Å². The Morgan fingerprint density at radius 1 is 1.45 bits per heavy atom. The van der Waals surface area contributed by atoms with Gasteiger partial charge >= 0.3 is 0 Å². The molecule has 2 N–H and O–H groups in total. The fourth-order valence-electron chi connectivity index (χ4n) is 2.20. The number of aromatic amines is 1. The van der Waals surface area contributed by atoms with Crippen LogP contribution in [0.5, 0.6) is 0 Å². The highest BCUT2D eigenvalue weighted by molar-refractivity contribution is 6.33. The van der Waals surface area contributed by atoms with E-state index in [1.165, 1.54) is 0 Å². The monoisotopic (exact) mass is 269 g/mol. The van der Waals surface area contributed by atoms with Gasteiger partial charge in [-0.3, -0.25) is 4.79 Å². The molecule has 3 aromatic rings. The molecule has 1 aromatic carbocycles. The van der Waals surface area contributed by atoms with Crippen molar-refractivity contribution in [2.24, 2.45) is 0 Å². The molecule has 0 fully saturated rings. The third-order valence-electron chi connectivity index (χ3n) is 3.21. The second-order valence-corrected chi connectivity index (χ2v) is 5.33. The summed E-state index contributed by atoms with van der Waals surface area (Å²) in [6, 6.07) is 6.16. The molecule has 0 atom stereocenters. The van der Waals surface area contributed by atoms with Crippen LogP contribution in [0.3, 0.4) is 0 Å². The van der Waals surface area contributed by atoms with Gasteiger partial charge in [0.1, 0.15) is 24.8 Å². The molecule has 0 aliphatic rings. The number of aromatic nitrogens is 2. The van der Waals surface area contributed by atoms with Crippen molar-refractivity contribution < 1.29 is 4.42 Å². The first-order valence-electron chi connectivity index (χ1n) is 6.70. The van der Waals surface area contributed by atoms with E-state index in [1.54, 1.807) is 0 Å². The average Bonchev–Trinajstić information content (AvgIpc) is 2.75. The molecule has 0 bridgehead atoms. The van der Waals surface area contributed by atoms with Gasteiger partial charge in [0.15, 0.2) is 0 Å². The summed E-state index contributed by atoms with van der Waals surface area (Å²) in [5.41, 5.74) is 2.50. The predicted molar refractivity (Wildman–Crippen MR) is 82.3 cm³/mol. The third kappa shape index (κ3) is 2.23. The zero-order valence-electron chi connectivity index (χ0n) is 11.8. The second kappa shape index (κ2) is 4.79. The maximum atomic E-state index is 12.1. The minimum atomic E-state index is -0.232. The Hall–Kier alpha value is -2.08. The highest BCUT2D eigenvalue weighted by Gasteiger charge is 2.13. The lowest BCUT2D eigenvalue weighted by atomic mass is 9.95. The van der Waals surface area contributed by atoms with Gasteiger partial charge in [-0.25, -0.2) is 4.98 Å². The van der Waals surface area contributed by atoms with Crippen LogP contribution in [0.15, 0.2) is 27.4 Å². The van der Waals surface area contributed by atoms with Crippen molar-refractivity contribution in [3.8, 4) is 0 Å². The van der Waals surface area contributed by atoms with Crippen LogP contribution >= 0.6 is 0 Å². The van der Waals surface area contributed by atoms with Gasteiger partial charge in [0.25, 0.3) is 5.56 Å². The largest absolute Gasteiger partial charge is 0.449 e. The summed E-state index contributed by atoms with van der Waals surface area (Å²) >= 11 is 0. The smallest absolute Gasteiger partial charge is 0.294 e. The van der Waals surface area contributed by atoms with Crippen LogP contribution in [0, 0.1) is 0 Å².